The molecular weight excluding hydrogens is 164 g/mol. The second-order valence-corrected chi connectivity index (χ2v) is 3.44. The van der Waals surface area contributed by atoms with Gasteiger partial charge in [-0.1, -0.05) is 0 Å². The summed E-state index contributed by atoms with van der Waals surface area (Å²) < 4.78 is 0. The molecule has 2 rings (SSSR count). The highest BCUT2D eigenvalue weighted by molar-refractivity contribution is 5.79. The number of carbonyl (C=O) groups is 1. The Hall–Kier alpha value is -1.25. The number of Topliss-reactive ketones (excluding diaryl/α,β-unsaturated/α-hetero) is 1. The van der Waals surface area contributed by atoms with E-state index in [1.807, 2.05) is 0 Å². The second-order valence-electron chi connectivity index (χ2n) is 3.44. The second kappa shape index (κ2) is 3.64. The molecule has 0 saturated heterocycles. The molecule has 1 atom stereocenters. The summed E-state index contributed by atoms with van der Waals surface area (Å²) in [6.45, 7) is 0. The largest absolute Gasteiger partial charge is 0.300 e. The van der Waals surface area contributed by atoms with Crippen molar-refractivity contribution in [2.75, 3.05) is 0 Å². The Morgan fingerprint density at radius 1 is 1.31 bits per heavy atom. The SMILES string of the molecule is O=C1CCCC(c2ncccn2)C1. The van der Waals surface area contributed by atoms with Gasteiger partial charge in [0.05, 0.1) is 0 Å². The third kappa shape index (κ3) is 1.91. The van der Waals surface area contributed by atoms with Gasteiger partial charge >= 0.3 is 0 Å². The molecule has 13 heavy (non-hydrogen) atoms. The van der Waals surface area contributed by atoms with E-state index in [1.54, 1.807) is 18.5 Å². The first-order valence-corrected chi connectivity index (χ1v) is 4.65. The summed E-state index contributed by atoms with van der Waals surface area (Å²) in [6.07, 6.45) is 6.88. The summed E-state index contributed by atoms with van der Waals surface area (Å²) >= 11 is 0. The molecular formula is C10H12N2O. The Morgan fingerprint density at radius 3 is 2.77 bits per heavy atom. The van der Waals surface area contributed by atoms with Crippen LogP contribution in [0.5, 0.6) is 0 Å². The monoisotopic (exact) mass is 176 g/mol. The molecule has 1 heterocycles. The highest BCUT2D eigenvalue weighted by atomic mass is 16.1. The van der Waals surface area contributed by atoms with E-state index >= 15 is 0 Å². The lowest BCUT2D eigenvalue weighted by Gasteiger charge is -2.18. The van der Waals surface area contributed by atoms with Crippen molar-refractivity contribution in [1.29, 1.82) is 0 Å². The fraction of sp³-hybridized carbons (Fsp3) is 0.500. The molecule has 0 aliphatic heterocycles. The van der Waals surface area contributed by atoms with Gasteiger partial charge in [0.2, 0.25) is 0 Å². The van der Waals surface area contributed by atoms with E-state index in [4.69, 9.17) is 0 Å². The van der Waals surface area contributed by atoms with Crippen LogP contribution in [0.25, 0.3) is 0 Å². The molecule has 1 saturated carbocycles. The number of aromatic nitrogens is 2. The molecule has 0 bridgehead atoms. The van der Waals surface area contributed by atoms with Gasteiger partial charge in [0, 0.05) is 31.2 Å². The van der Waals surface area contributed by atoms with E-state index in [-0.39, 0.29) is 5.92 Å². The topological polar surface area (TPSA) is 42.9 Å². The predicted octanol–water partition coefficient (Wildman–Crippen LogP) is 1.70. The van der Waals surface area contributed by atoms with Crippen LogP contribution in [0.2, 0.25) is 0 Å². The van der Waals surface area contributed by atoms with E-state index < -0.39 is 0 Å². The van der Waals surface area contributed by atoms with Crippen molar-refractivity contribution in [2.45, 2.75) is 31.6 Å². The van der Waals surface area contributed by atoms with Gasteiger partial charge in [-0.2, -0.15) is 0 Å². The highest BCUT2D eigenvalue weighted by Gasteiger charge is 2.22. The summed E-state index contributed by atoms with van der Waals surface area (Å²) in [4.78, 5) is 19.5. The molecule has 1 aromatic rings. The number of hydrogen-bond acceptors (Lipinski definition) is 3. The molecule has 0 amide bonds. The molecule has 3 heteroatoms. The van der Waals surface area contributed by atoms with Crippen molar-refractivity contribution in [1.82, 2.24) is 9.97 Å². The fourth-order valence-corrected chi connectivity index (χ4v) is 1.77. The zero-order chi connectivity index (χ0) is 9.10. The van der Waals surface area contributed by atoms with E-state index in [9.17, 15) is 4.79 Å². The fourth-order valence-electron chi connectivity index (χ4n) is 1.77. The maximum absolute atomic E-state index is 11.2. The van der Waals surface area contributed by atoms with Crippen molar-refractivity contribution in [3.8, 4) is 0 Å². The predicted molar refractivity (Wildman–Crippen MR) is 48.2 cm³/mol. The lowest BCUT2D eigenvalue weighted by atomic mass is 9.88. The van der Waals surface area contributed by atoms with Crippen molar-refractivity contribution >= 4 is 5.78 Å². The van der Waals surface area contributed by atoms with Crippen molar-refractivity contribution < 1.29 is 4.79 Å². The minimum absolute atomic E-state index is 0.266. The lowest BCUT2D eigenvalue weighted by Crippen LogP contribution is -2.15. The highest BCUT2D eigenvalue weighted by Crippen LogP contribution is 2.27. The molecule has 0 N–H and O–H groups in total. The van der Waals surface area contributed by atoms with Gasteiger partial charge in [0.1, 0.15) is 11.6 Å². The molecule has 1 fully saturated rings. The van der Waals surface area contributed by atoms with Crippen molar-refractivity contribution in [2.24, 2.45) is 0 Å². The van der Waals surface area contributed by atoms with Crippen LogP contribution >= 0.6 is 0 Å². The summed E-state index contributed by atoms with van der Waals surface area (Å²) in [6, 6.07) is 1.80. The van der Waals surface area contributed by atoms with Crippen LogP contribution in [-0.2, 0) is 4.79 Å². The molecule has 0 spiro atoms. The maximum atomic E-state index is 11.2. The van der Waals surface area contributed by atoms with Crippen molar-refractivity contribution in [3.05, 3.63) is 24.3 Å². The smallest absolute Gasteiger partial charge is 0.133 e. The van der Waals surface area contributed by atoms with E-state index in [1.165, 1.54) is 0 Å². The maximum Gasteiger partial charge on any atom is 0.133 e. The average molecular weight is 176 g/mol. The normalized spacial score (nSPS) is 23.1. The van der Waals surface area contributed by atoms with E-state index in [2.05, 4.69) is 9.97 Å². The molecule has 1 aliphatic rings. The van der Waals surface area contributed by atoms with Crippen LogP contribution < -0.4 is 0 Å². The van der Waals surface area contributed by atoms with Crippen LogP contribution in [0.4, 0.5) is 0 Å². The summed E-state index contributed by atoms with van der Waals surface area (Å²) in [5, 5.41) is 0. The molecule has 1 aliphatic carbocycles. The number of nitrogens with zero attached hydrogens (tertiary/aromatic N) is 2. The molecule has 1 aromatic heterocycles. The molecule has 1 unspecified atom stereocenters. The van der Waals surface area contributed by atoms with Crippen LogP contribution in [0.15, 0.2) is 18.5 Å². The number of rotatable bonds is 1. The summed E-state index contributed by atoms with van der Waals surface area (Å²) in [5.41, 5.74) is 0. The van der Waals surface area contributed by atoms with Gasteiger partial charge in [0.15, 0.2) is 0 Å². The molecule has 3 nitrogen and oxygen atoms in total. The summed E-state index contributed by atoms with van der Waals surface area (Å²) in [7, 11) is 0. The number of hydrogen-bond donors (Lipinski definition) is 0. The van der Waals surface area contributed by atoms with Crippen LogP contribution in [-0.4, -0.2) is 15.8 Å². The third-order valence-corrected chi connectivity index (χ3v) is 2.43. The van der Waals surface area contributed by atoms with Gasteiger partial charge in [-0.15, -0.1) is 0 Å². The Labute approximate surface area is 77.2 Å². The van der Waals surface area contributed by atoms with Gasteiger partial charge in [-0.3, -0.25) is 4.79 Å². The molecule has 0 aromatic carbocycles. The first-order valence-electron chi connectivity index (χ1n) is 4.65. The Kier molecular flexibility index (Phi) is 2.34. The zero-order valence-electron chi connectivity index (χ0n) is 7.44. The van der Waals surface area contributed by atoms with Crippen molar-refractivity contribution in [3.63, 3.8) is 0 Å². The Bertz CT molecular complexity index is 297. The standard InChI is InChI=1S/C10H12N2O/c13-9-4-1-3-8(7-9)10-11-5-2-6-12-10/h2,5-6,8H,1,3-4,7H2. The first-order chi connectivity index (χ1) is 6.36. The minimum atomic E-state index is 0.266. The van der Waals surface area contributed by atoms with Gasteiger partial charge in [-0.25, -0.2) is 9.97 Å². The zero-order valence-corrected chi connectivity index (χ0v) is 7.44. The van der Waals surface area contributed by atoms with E-state index in [0.29, 0.717) is 12.2 Å². The van der Waals surface area contributed by atoms with Crippen LogP contribution in [0, 0.1) is 0 Å². The van der Waals surface area contributed by atoms with Crippen LogP contribution in [0.3, 0.4) is 0 Å². The average Bonchev–Trinajstić information content (AvgIpc) is 2.19. The number of carbonyl (C=O) groups excluding carboxylic acids is 1. The third-order valence-electron chi connectivity index (χ3n) is 2.43. The van der Waals surface area contributed by atoms with Gasteiger partial charge < -0.3 is 0 Å². The quantitative estimate of drug-likeness (QED) is 0.654. The van der Waals surface area contributed by atoms with Gasteiger partial charge in [0.25, 0.3) is 0 Å². The Balaban J connectivity index is 2.13. The Morgan fingerprint density at radius 2 is 2.08 bits per heavy atom. The number of ketones is 1. The van der Waals surface area contributed by atoms with Crippen LogP contribution in [0.1, 0.15) is 37.4 Å². The van der Waals surface area contributed by atoms with Gasteiger partial charge in [-0.05, 0) is 18.9 Å². The molecule has 0 radical (unpaired) electrons. The summed E-state index contributed by atoms with van der Waals surface area (Å²) in [5.74, 6) is 1.45. The first kappa shape index (κ1) is 8.35. The minimum Gasteiger partial charge on any atom is -0.300 e. The molecule has 68 valence electrons. The lowest BCUT2D eigenvalue weighted by molar-refractivity contribution is -0.120. The van der Waals surface area contributed by atoms with E-state index in [0.717, 1.165) is 25.1 Å².